The lowest BCUT2D eigenvalue weighted by atomic mass is 9.86. The van der Waals surface area contributed by atoms with Crippen molar-refractivity contribution in [3.63, 3.8) is 0 Å². The zero-order valence-corrected chi connectivity index (χ0v) is 19.3. The van der Waals surface area contributed by atoms with Gasteiger partial charge in [-0.3, -0.25) is 14.2 Å². The minimum Gasteiger partial charge on any atom is -0.466 e. The SMILES string of the molecule is CCOC(=O)c1cccc(Cn2c(C)nc3sc4c(c3c2=O)C(C(=O)OCC)CCC4)c1. The van der Waals surface area contributed by atoms with Gasteiger partial charge in [0.05, 0.1) is 36.6 Å². The molecule has 2 aromatic heterocycles. The summed E-state index contributed by atoms with van der Waals surface area (Å²) in [6.45, 7) is 6.23. The molecule has 1 aliphatic carbocycles. The summed E-state index contributed by atoms with van der Waals surface area (Å²) < 4.78 is 12.0. The number of thiophene rings is 1. The van der Waals surface area contributed by atoms with Gasteiger partial charge in [0.15, 0.2) is 0 Å². The molecule has 1 aliphatic rings. The predicted molar refractivity (Wildman–Crippen MR) is 122 cm³/mol. The first-order valence-corrected chi connectivity index (χ1v) is 11.7. The highest BCUT2D eigenvalue weighted by molar-refractivity contribution is 7.18. The molecule has 0 aliphatic heterocycles. The smallest absolute Gasteiger partial charge is 0.338 e. The summed E-state index contributed by atoms with van der Waals surface area (Å²) in [6.07, 6.45) is 2.40. The van der Waals surface area contributed by atoms with E-state index in [1.165, 1.54) is 11.3 Å². The van der Waals surface area contributed by atoms with Crippen molar-refractivity contribution in [2.24, 2.45) is 0 Å². The quantitative estimate of drug-likeness (QED) is 0.524. The van der Waals surface area contributed by atoms with Crippen molar-refractivity contribution in [1.29, 1.82) is 0 Å². The highest BCUT2D eigenvalue weighted by Gasteiger charge is 2.33. The van der Waals surface area contributed by atoms with E-state index in [0.717, 1.165) is 28.8 Å². The Bertz CT molecular complexity index is 1240. The molecule has 32 heavy (non-hydrogen) atoms. The van der Waals surface area contributed by atoms with Gasteiger partial charge in [0.25, 0.3) is 5.56 Å². The number of benzene rings is 1. The third-order valence-electron chi connectivity index (χ3n) is 5.71. The fourth-order valence-electron chi connectivity index (χ4n) is 4.28. The fourth-order valence-corrected chi connectivity index (χ4v) is 5.59. The summed E-state index contributed by atoms with van der Waals surface area (Å²) in [5.74, 6) is -0.501. The molecular weight excluding hydrogens is 428 g/mol. The highest BCUT2D eigenvalue weighted by Crippen LogP contribution is 2.41. The first-order chi connectivity index (χ1) is 15.4. The normalized spacial score (nSPS) is 15.4. The Morgan fingerprint density at radius 2 is 2.00 bits per heavy atom. The van der Waals surface area contributed by atoms with Crippen molar-refractivity contribution in [3.8, 4) is 0 Å². The zero-order chi connectivity index (χ0) is 22.8. The van der Waals surface area contributed by atoms with Gasteiger partial charge < -0.3 is 9.47 Å². The number of nitrogens with zero attached hydrogens (tertiary/aromatic N) is 2. The molecule has 7 nitrogen and oxygen atoms in total. The molecular formula is C24H26N2O5S. The van der Waals surface area contributed by atoms with Crippen molar-refractivity contribution in [2.75, 3.05) is 13.2 Å². The molecule has 0 fully saturated rings. The minimum absolute atomic E-state index is 0.164. The molecule has 0 saturated heterocycles. The average Bonchev–Trinajstić information content (AvgIpc) is 3.15. The zero-order valence-electron chi connectivity index (χ0n) is 18.5. The number of hydrogen-bond donors (Lipinski definition) is 0. The molecule has 1 unspecified atom stereocenters. The summed E-state index contributed by atoms with van der Waals surface area (Å²) in [5, 5.41) is 0.523. The monoisotopic (exact) mass is 454 g/mol. The summed E-state index contributed by atoms with van der Waals surface area (Å²) in [6, 6.07) is 7.07. The number of esters is 2. The van der Waals surface area contributed by atoms with Crippen molar-refractivity contribution >= 4 is 33.5 Å². The summed E-state index contributed by atoms with van der Waals surface area (Å²) in [4.78, 5) is 44.8. The molecule has 1 aromatic carbocycles. The van der Waals surface area contributed by atoms with Gasteiger partial charge in [-0.2, -0.15) is 0 Å². The van der Waals surface area contributed by atoms with Gasteiger partial charge in [0.1, 0.15) is 10.7 Å². The molecule has 4 rings (SSSR count). The Hall–Kier alpha value is -3.00. The second-order valence-corrected chi connectivity index (χ2v) is 8.87. The Kier molecular flexibility index (Phi) is 6.41. The molecule has 2 heterocycles. The number of aryl methyl sites for hydroxylation is 2. The number of fused-ring (bicyclic) bond motifs is 3. The van der Waals surface area contributed by atoms with Crippen LogP contribution in [0.2, 0.25) is 0 Å². The number of carbonyl (C=O) groups excluding carboxylic acids is 2. The van der Waals surface area contributed by atoms with E-state index in [1.807, 2.05) is 6.07 Å². The maximum atomic E-state index is 13.6. The minimum atomic E-state index is -0.426. The Morgan fingerprint density at radius 1 is 1.22 bits per heavy atom. The molecule has 1 atom stereocenters. The van der Waals surface area contributed by atoms with E-state index in [0.29, 0.717) is 41.2 Å². The standard InChI is InChI=1S/C24H26N2O5S/c1-4-30-23(28)16-9-6-8-15(12-16)13-26-14(3)25-21-20(22(26)27)19-17(24(29)31-5-2)10-7-11-18(19)32-21/h6,8-9,12,17H,4-5,7,10-11,13H2,1-3H3. The number of aromatic nitrogens is 2. The summed E-state index contributed by atoms with van der Waals surface area (Å²) in [7, 11) is 0. The Morgan fingerprint density at radius 3 is 2.75 bits per heavy atom. The number of carbonyl (C=O) groups is 2. The van der Waals surface area contributed by atoms with Crippen molar-refractivity contribution in [2.45, 2.75) is 52.5 Å². The van der Waals surface area contributed by atoms with Crippen LogP contribution in [-0.2, 0) is 27.2 Å². The van der Waals surface area contributed by atoms with Gasteiger partial charge in [-0.15, -0.1) is 11.3 Å². The second-order valence-electron chi connectivity index (χ2n) is 7.79. The van der Waals surface area contributed by atoms with Crippen LogP contribution in [0.5, 0.6) is 0 Å². The first kappa shape index (κ1) is 22.2. The van der Waals surface area contributed by atoms with Crippen LogP contribution in [0.1, 0.15) is 64.8 Å². The maximum absolute atomic E-state index is 13.6. The second kappa shape index (κ2) is 9.24. The van der Waals surface area contributed by atoms with Crippen LogP contribution < -0.4 is 5.56 Å². The van der Waals surface area contributed by atoms with Crippen molar-refractivity contribution in [1.82, 2.24) is 9.55 Å². The van der Waals surface area contributed by atoms with Crippen molar-refractivity contribution in [3.05, 3.63) is 62.0 Å². The van der Waals surface area contributed by atoms with Crippen LogP contribution in [0.25, 0.3) is 10.2 Å². The van der Waals surface area contributed by atoms with Gasteiger partial charge in [-0.1, -0.05) is 12.1 Å². The average molecular weight is 455 g/mol. The molecule has 0 bridgehead atoms. The van der Waals surface area contributed by atoms with Gasteiger partial charge in [0, 0.05) is 4.88 Å². The van der Waals surface area contributed by atoms with Gasteiger partial charge >= 0.3 is 11.9 Å². The molecule has 0 radical (unpaired) electrons. The van der Waals surface area contributed by atoms with Crippen LogP contribution in [-0.4, -0.2) is 34.7 Å². The largest absolute Gasteiger partial charge is 0.466 e. The number of hydrogen-bond acceptors (Lipinski definition) is 7. The van der Waals surface area contributed by atoms with E-state index in [2.05, 4.69) is 0 Å². The third-order valence-corrected chi connectivity index (χ3v) is 6.87. The Balaban J connectivity index is 1.78. The van der Waals surface area contributed by atoms with Gasteiger partial charge in [-0.05, 0) is 63.3 Å². The highest BCUT2D eigenvalue weighted by atomic mass is 32.1. The predicted octanol–water partition coefficient (Wildman–Crippen LogP) is 3.97. The molecule has 3 aromatic rings. The summed E-state index contributed by atoms with van der Waals surface area (Å²) >= 11 is 1.50. The lowest BCUT2D eigenvalue weighted by Gasteiger charge is -2.21. The maximum Gasteiger partial charge on any atom is 0.338 e. The number of rotatable bonds is 6. The van der Waals surface area contributed by atoms with Crippen LogP contribution >= 0.6 is 11.3 Å². The fraction of sp³-hybridized carbons (Fsp3) is 0.417. The van der Waals surface area contributed by atoms with Crippen molar-refractivity contribution < 1.29 is 19.1 Å². The molecule has 0 saturated carbocycles. The topological polar surface area (TPSA) is 87.5 Å². The van der Waals surface area contributed by atoms with E-state index in [9.17, 15) is 14.4 Å². The lowest BCUT2D eigenvalue weighted by Crippen LogP contribution is -2.27. The molecule has 8 heteroatoms. The van der Waals surface area contributed by atoms with Crippen LogP contribution in [0.15, 0.2) is 29.1 Å². The Labute approximate surface area is 190 Å². The molecule has 0 spiro atoms. The molecule has 168 valence electrons. The summed E-state index contributed by atoms with van der Waals surface area (Å²) in [5.41, 5.74) is 1.87. The lowest BCUT2D eigenvalue weighted by molar-refractivity contribution is -0.145. The molecule has 0 N–H and O–H groups in total. The first-order valence-electron chi connectivity index (χ1n) is 10.9. The number of ether oxygens (including phenoxy) is 2. The van der Waals surface area contributed by atoms with Crippen LogP contribution in [0, 0.1) is 6.92 Å². The third kappa shape index (κ3) is 4.07. The van der Waals surface area contributed by atoms with E-state index in [4.69, 9.17) is 14.5 Å². The molecule has 0 amide bonds. The van der Waals surface area contributed by atoms with E-state index < -0.39 is 11.9 Å². The van der Waals surface area contributed by atoms with Gasteiger partial charge in [-0.25, -0.2) is 9.78 Å². The van der Waals surface area contributed by atoms with Crippen LogP contribution in [0.3, 0.4) is 0 Å². The van der Waals surface area contributed by atoms with E-state index in [-0.39, 0.29) is 18.1 Å². The van der Waals surface area contributed by atoms with Gasteiger partial charge in [0.2, 0.25) is 0 Å². The van der Waals surface area contributed by atoms with E-state index in [1.54, 1.807) is 43.5 Å². The van der Waals surface area contributed by atoms with E-state index >= 15 is 0 Å². The van der Waals surface area contributed by atoms with Crippen LogP contribution in [0.4, 0.5) is 0 Å².